The maximum absolute atomic E-state index is 12.9. The molecule has 1 aliphatic carbocycles. The molecule has 0 saturated heterocycles. The minimum atomic E-state index is -4.75. The molecule has 0 atom stereocenters. The Balaban J connectivity index is 1.61. The minimum absolute atomic E-state index is 0.221. The van der Waals surface area contributed by atoms with E-state index in [2.05, 4.69) is 25.5 Å². The lowest BCUT2D eigenvalue weighted by molar-refractivity contribution is -0.274. The van der Waals surface area contributed by atoms with Gasteiger partial charge in [-0.15, -0.1) is 13.2 Å². The molecule has 1 aromatic carbocycles. The number of aromatic nitrogens is 1. The maximum atomic E-state index is 12.9. The van der Waals surface area contributed by atoms with Crippen LogP contribution in [-0.4, -0.2) is 36.7 Å². The standard InChI is InChI=1S/C22H28F3N5O2/c1-13-11-18(19(29-13)15-7-9-17(10-8-15)32-22(23,24)25)21(31)28-12-14-3-5-16(6-4-14)20(27-2)30-26/h7-11,14,16,29H,3-6,12,26H2,1-2H3,(H,27,30)(H,28,31). The first-order chi connectivity index (χ1) is 15.2. The van der Waals surface area contributed by atoms with Crippen LogP contribution in [0.1, 0.15) is 41.7 Å². The minimum Gasteiger partial charge on any atom is -0.406 e. The van der Waals surface area contributed by atoms with Crippen molar-refractivity contribution in [3.05, 3.63) is 41.6 Å². The van der Waals surface area contributed by atoms with Gasteiger partial charge >= 0.3 is 6.36 Å². The Kier molecular flexibility index (Phi) is 7.44. The van der Waals surface area contributed by atoms with Crippen LogP contribution in [-0.2, 0) is 0 Å². The van der Waals surface area contributed by atoms with Crippen LogP contribution in [0.4, 0.5) is 13.2 Å². The molecule has 0 bridgehead atoms. The number of aliphatic imine (C=N–C) groups is 1. The number of amidine groups is 1. The third-order valence-corrected chi connectivity index (χ3v) is 5.75. The van der Waals surface area contributed by atoms with E-state index in [4.69, 9.17) is 5.84 Å². The number of H-pyrrole nitrogens is 1. The first-order valence-electron chi connectivity index (χ1n) is 10.5. The molecule has 1 heterocycles. The average Bonchev–Trinajstić information content (AvgIpc) is 3.15. The predicted octanol–water partition coefficient (Wildman–Crippen LogP) is 3.92. The number of nitrogens with two attached hydrogens (primary N) is 1. The Hall–Kier alpha value is -3.01. The summed E-state index contributed by atoms with van der Waals surface area (Å²) in [5.74, 6) is 6.48. The van der Waals surface area contributed by atoms with Crippen LogP contribution in [0.15, 0.2) is 35.3 Å². The number of amides is 1. The number of nitrogens with one attached hydrogen (secondary N) is 3. The van der Waals surface area contributed by atoms with E-state index in [0.29, 0.717) is 35.2 Å². The summed E-state index contributed by atoms with van der Waals surface area (Å²) in [6.07, 6.45) is -0.909. The van der Waals surface area contributed by atoms with Crippen molar-refractivity contribution in [2.24, 2.45) is 22.7 Å². The van der Waals surface area contributed by atoms with Crippen molar-refractivity contribution in [1.29, 1.82) is 0 Å². The fourth-order valence-corrected chi connectivity index (χ4v) is 4.16. The number of rotatable bonds is 6. The zero-order chi connectivity index (χ0) is 23.3. The summed E-state index contributed by atoms with van der Waals surface area (Å²) in [5.41, 5.74) is 5.04. The Morgan fingerprint density at radius 2 is 1.88 bits per heavy atom. The lowest BCUT2D eigenvalue weighted by Gasteiger charge is -2.29. The highest BCUT2D eigenvalue weighted by Gasteiger charge is 2.31. The number of hydrogen-bond acceptors (Lipinski definition) is 4. The molecule has 10 heteroatoms. The summed E-state index contributed by atoms with van der Waals surface area (Å²) in [6.45, 7) is 2.38. The third-order valence-electron chi connectivity index (χ3n) is 5.75. The van der Waals surface area contributed by atoms with Crippen LogP contribution in [0.25, 0.3) is 11.3 Å². The molecule has 32 heavy (non-hydrogen) atoms. The number of nitrogens with zero attached hydrogens (tertiary/aromatic N) is 1. The first-order valence-corrected chi connectivity index (χ1v) is 10.5. The summed E-state index contributed by atoms with van der Waals surface area (Å²) in [6, 6.07) is 7.16. The van der Waals surface area contributed by atoms with Gasteiger partial charge in [0, 0.05) is 25.2 Å². The van der Waals surface area contributed by atoms with Gasteiger partial charge in [-0.05, 0) is 74.4 Å². The predicted molar refractivity (Wildman–Crippen MR) is 116 cm³/mol. The molecule has 7 nitrogen and oxygen atoms in total. The molecule has 1 fully saturated rings. The van der Waals surface area contributed by atoms with E-state index < -0.39 is 6.36 Å². The highest BCUT2D eigenvalue weighted by Crippen LogP contribution is 2.30. The van der Waals surface area contributed by atoms with Crippen LogP contribution in [0.2, 0.25) is 0 Å². The molecule has 1 aliphatic rings. The number of hydrogen-bond donors (Lipinski definition) is 4. The molecule has 0 radical (unpaired) electrons. The summed E-state index contributed by atoms with van der Waals surface area (Å²) in [5, 5.41) is 3.00. The number of carbonyl (C=O) groups excluding carboxylic acids is 1. The summed E-state index contributed by atoms with van der Waals surface area (Å²) >= 11 is 0. The quantitative estimate of drug-likeness (QED) is 0.231. The number of benzene rings is 1. The third kappa shape index (κ3) is 6.03. The van der Waals surface area contributed by atoms with Crippen molar-refractivity contribution >= 4 is 11.7 Å². The van der Waals surface area contributed by atoms with E-state index in [1.807, 2.05) is 6.92 Å². The van der Waals surface area contributed by atoms with Gasteiger partial charge in [0.1, 0.15) is 11.6 Å². The first kappa shape index (κ1) is 23.6. The topological polar surface area (TPSA) is 105 Å². The van der Waals surface area contributed by atoms with Gasteiger partial charge in [-0.25, -0.2) is 5.84 Å². The van der Waals surface area contributed by atoms with Gasteiger partial charge in [-0.3, -0.25) is 9.79 Å². The zero-order valence-corrected chi connectivity index (χ0v) is 18.1. The molecule has 2 aromatic rings. The van der Waals surface area contributed by atoms with E-state index in [9.17, 15) is 18.0 Å². The van der Waals surface area contributed by atoms with Crippen molar-refractivity contribution in [3.8, 4) is 17.0 Å². The molecular formula is C22H28F3N5O2. The largest absolute Gasteiger partial charge is 0.573 e. The Labute approximate surface area is 184 Å². The second-order valence-electron chi connectivity index (χ2n) is 7.99. The number of ether oxygens (including phenoxy) is 1. The number of aromatic amines is 1. The SMILES string of the molecule is CN=C(NN)C1CCC(CNC(=O)c2cc(C)[nH]c2-c2ccc(OC(F)(F)F)cc2)CC1. The fraction of sp³-hybridized carbons (Fsp3) is 0.455. The molecule has 5 N–H and O–H groups in total. The van der Waals surface area contributed by atoms with E-state index in [-0.39, 0.29) is 11.7 Å². The number of hydrazine groups is 1. The lowest BCUT2D eigenvalue weighted by Crippen LogP contribution is -2.39. The van der Waals surface area contributed by atoms with Crippen molar-refractivity contribution in [2.75, 3.05) is 13.6 Å². The summed E-state index contributed by atoms with van der Waals surface area (Å²) in [4.78, 5) is 20.2. The van der Waals surface area contributed by atoms with Crippen molar-refractivity contribution in [2.45, 2.75) is 39.0 Å². The smallest absolute Gasteiger partial charge is 0.406 e. The Morgan fingerprint density at radius 3 is 2.44 bits per heavy atom. The van der Waals surface area contributed by atoms with Crippen LogP contribution in [0.3, 0.4) is 0 Å². The zero-order valence-electron chi connectivity index (χ0n) is 18.1. The van der Waals surface area contributed by atoms with E-state index in [0.717, 1.165) is 37.2 Å². The van der Waals surface area contributed by atoms with Gasteiger partial charge in [0.15, 0.2) is 0 Å². The molecule has 1 amide bonds. The normalized spacial score (nSPS) is 19.5. The lowest BCUT2D eigenvalue weighted by atomic mass is 9.81. The van der Waals surface area contributed by atoms with Crippen LogP contribution in [0.5, 0.6) is 5.75 Å². The van der Waals surface area contributed by atoms with Crippen molar-refractivity contribution < 1.29 is 22.7 Å². The van der Waals surface area contributed by atoms with Crippen LogP contribution in [0, 0.1) is 18.8 Å². The summed E-state index contributed by atoms with van der Waals surface area (Å²) < 4.78 is 41.0. The Bertz CT molecular complexity index is 945. The number of aryl methyl sites for hydroxylation is 1. The molecule has 1 saturated carbocycles. The highest BCUT2D eigenvalue weighted by atomic mass is 19.4. The molecule has 3 rings (SSSR count). The summed E-state index contributed by atoms with van der Waals surface area (Å²) in [7, 11) is 1.72. The van der Waals surface area contributed by atoms with Crippen molar-refractivity contribution in [1.82, 2.24) is 15.7 Å². The van der Waals surface area contributed by atoms with Crippen LogP contribution >= 0.6 is 0 Å². The van der Waals surface area contributed by atoms with Gasteiger partial charge in [0.05, 0.1) is 11.3 Å². The fourth-order valence-electron chi connectivity index (χ4n) is 4.16. The van der Waals surface area contributed by atoms with Crippen molar-refractivity contribution in [3.63, 3.8) is 0 Å². The van der Waals surface area contributed by atoms with Gasteiger partial charge in [0.25, 0.3) is 5.91 Å². The van der Waals surface area contributed by atoms with Crippen LogP contribution < -0.4 is 21.3 Å². The highest BCUT2D eigenvalue weighted by molar-refractivity contribution is 6.00. The van der Waals surface area contributed by atoms with Gasteiger partial charge in [0.2, 0.25) is 0 Å². The van der Waals surface area contributed by atoms with E-state index in [1.165, 1.54) is 24.3 Å². The van der Waals surface area contributed by atoms with Gasteiger partial charge in [-0.2, -0.15) is 0 Å². The maximum Gasteiger partial charge on any atom is 0.573 e. The van der Waals surface area contributed by atoms with E-state index >= 15 is 0 Å². The molecule has 0 spiro atoms. The van der Waals surface area contributed by atoms with E-state index in [1.54, 1.807) is 13.1 Å². The monoisotopic (exact) mass is 451 g/mol. The second kappa shape index (κ2) is 10.1. The molecular weight excluding hydrogens is 423 g/mol. The second-order valence-corrected chi connectivity index (χ2v) is 7.99. The molecule has 0 aliphatic heterocycles. The molecule has 1 aromatic heterocycles. The number of halogens is 3. The number of carbonyl (C=O) groups is 1. The van der Waals surface area contributed by atoms with Gasteiger partial charge < -0.3 is 20.5 Å². The average molecular weight is 451 g/mol. The Morgan fingerprint density at radius 1 is 1.22 bits per heavy atom. The number of alkyl halides is 3. The molecule has 0 unspecified atom stereocenters. The van der Waals surface area contributed by atoms with Gasteiger partial charge in [-0.1, -0.05) is 0 Å². The molecule has 174 valence electrons.